The molecule has 7 heteroatoms. The molecule has 0 bridgehead atoms. The van der Waals surface area contributed by atoms with Crippen LogP contribution < -0.4 is 0 Å². The standard InChI is InChI=1S/C12H9NO5S/c1-17-12(16)8-4-2-7(18-8)3-5-10-13-6-9(19-10)11(14)15/h2-6H,1H3,(H,14,15)/b5-3+. The molecule has 98 valence electrons. The summed E-state index contributed by atoms with van der Waals surface area (Å²) in [6, 6.07) is 3.10. The second-order valence-corrected chi connectivity index (χ2v) is 4.46. The van der Waals surface area contributed by atoms with Gasteiger partial charge in [-0.05, 0) is 24.3 Å². The highest BCUT2D eigenvalue weighted by molar-refractivity contribution is 7.14. The van der Waals surface area contributed by atoms with E-state index in [0.717, 1.165) is 11.3 Å². The molecule has 0 saturated heterocycles. The van der Waals surface area contributed by atoms with Crippen molar-refractivity contribution in [2.75, 3.05) is 7.11 Å². The summed E-state index contributed by atoms with van der Waals surface area (Å²) >= 11 is 1.05. The number of aromatic carboxylic acids is 1. The van der Waals surface area contributed by atoms with Gasteiger partial charge in [0.15, 0.2) is 0 Å². The zero-order valence-electron chi connectivity index (χ0n) is 9.82. The highest BCUT2D eigenvalue weighted by atomic mass is 32.1. The average molecular weight is 279 g/mol. The topological polar surface area (TPSA) is 89.6 Å². The van der Waals surface area contributed by atoms with Gasteiger partial charge in [0.25, 0.3) is 0 Å². The van der Waals surface area contributed by atoms with Crippen LogP contribution in [0, 0.1) is 0 Å². The smallest absolute Gasteiger partial charge is 0.373 e. The van der Waals surface area contributed by atoms with E-state index >= 15 is 0 Å². The van der Waals surface area contributed by atoms with Gasteiger partial charge in [0.05, 0.1) is 13.3 Å². The summed E-state index contributed by atoms with van der Waals surface area (Å²) < 4.78 is 9.72. The number of aromatic nitrogens is 1. The Morgan fingerprint density at radius 2 is 2.21 bits per heavy atom. The third kappa shape index (κ3) is 3.08. The molecule has 0 saturated carbocycles. The number of carboxylic acids is 1. The zero-order chi connectivity index (χ0) is 13.8. The summed E-state index contributed by atoms with van der Waals surface area (Å²) in [5.74, 6) is -1.01. The van der Waals surface area contributed by atoms with Crippen molar-refractivity contribution in [3.63, 3.8) is 0 Å². The normalized spacial score (nSPS) is 10.8. The van der Waals surface area contributed by atoms with E-state index in [-0.39, 0.29) is 10.6 Å². The molecule has 0 spiro atoms. The molecule has 0 unspecified atom stereocenters. The first-order valence-electron chi connectivity index (χ1n) is 5.15. The number of carbonyl (C=O) groups excluding carboxylic acids is 1. The van der Waals surface area contributed by atoms with Gasteiger partial charge in [-0.2, -0.15) is 0 Å². The van der Waals surface area contributed by atoms with Crippen molar-refractivity contribution in [1.82, 2.24) is 4.98 Å². The van der Waals surface area contributed by atoms with Crippen LogP contribution in [0.1, 0.15) is 31.0 Å². The predicted molar refractivity (Wildman–Crippen MR) is 68.0 cm³/mol. The summed E-state index contributed by atoms with van der Waals surface area (Å²) in [5, 5.41) is 9.29. The molecule has 0 aromatic carbocycles. The van der Waals surface area contributed by atoms with Crippen LogP contribution in [0.5, 0.6) is 0 Å². The maximum absolute atomic E-state index is 11.2. The van der Waals surface area contributed by atoms with E-state index in [4.69, 9.17) is 9.52 Å². The van der Waals surface area contributed by atoms with Crippen molar-refractivity contribution in [3.8, 4) is 0 Å². The lowest BCUT2D eigenvalue weighted by Gasteiger charge is -1.91. The molecule has 2 rings (SSSR count). The first-order valence-corrected chi connectivity index (χ1v) is 5.97. The molecule has 0 amide bonds. The van der Waals surface area contributed by atoms with Gasteiger partial charge in [-0.15, -0.1) is 11.3 Å². The van der Waals surface area contributed by atoms with Crippen molar-refractivity contribution in [1.29, 1.82) is 0 Å². The van der Waals surface area contributed by atoms with Gasteiger partial charge >= 0.3 is 11.9 Å². The minimum atomic E-state index is -1.01. The van der Waals surface area contributed by atoms with Crippen LogP contribution >= 0.6 is 11.3 Å². The minimum absolute atomic E-state index is 0.104. The Morgan fingerprint density at radius 1 is 1.42 bits per heavy atom. The number of hydrogen-bond donors (Lipinski definition) is 1. The quantitative estimate of drug-likeness (QED) is 0.864. The van der Waals surface area contributed by atoms with Crippen LogP contribution in [-0.2, 0) is 4.74 Å². The molecule has 0 aliphatic carbocycles. The van der Waals surface area contributed by atoms with E-state index in [2.05, 4.69) is 9.72 Å². The third-order valence-electron chi connectivity index (χ3n) is 2.14. The summed E-state index contributed by atoms with van der Waals surface area (Å²) in [6.45, 7) is 0. The monoisotopic (exact) mass is 279 g/mol. The van der Waals surface area contributed by atoms with Crippen LogP contribution in [-0.4, -0.2) is 29.1 Å². The average Bonchev–Trinajstić information content (AvgIpc) is 3.04. The van der Waals surface area contributed by atoms with Crippen molar-refractivity contribution in [2.45, 2.75) is 0 Å². The highest BCUT2D eigenvalue weighted by Gasteiger charge is 2.10. The fourth-order valence-corrected chi connectivity index (χ4v) is 1.93. The fourth-order valence-electron chi connectivity index (χ4n) is 1.27. The molecule has 2 aromatic rings. The molecular formula is C12H9NO5S. The summed E-state index contributed by atoms with van der Waals surface area (Å²) in [6.07, 6.45) is 4.49. The second-order valence-electron chi connectivity index (χ2n) is 3.39. The van der Waals surface area contributed by atoms with E-state index in [1.807, 2.05) is 0 Å². The highest BCUT2D eigenvalue weighted by Crippen LogP contribution is 2.17. The Labute approximate surface area is 112 Å². The number of hydrogen-bond acceptors (Lipinski definition) is 6. The molecule has 2 heterocycles. The van der Waals surface area contributed by atoms with Gasteiger partial charge in [-0.1, -0.05) is 0 Å². The van der Waals surface area contributed by atoms with Crippen molar-refractivity contribution in [3.05, 3.63) is 39.7 Å². The van der Waals surface area contributed by atoms with Crippen molar-refractivity contribution >= 4 is 35.4 Å². The number of thiazole rings is 1. The third-order valence-corrected chi connectivity index (χ3v) is 3.09. The maximum Gasteiger partial charge on any atom is 0.373 e. The van der Waals surface area contributed by atoms with Gasteiger partial charge in [-0.25, -0.2) is 14.6 Å². The lowest BCUT2D eigenvalue weighted by Crippen LogP contribution is -1.98. The first-order chi connectivity index (χ1) is 9.10. The van der Waals surface area contributed by atoms with E-state index in [1.54, 1.807) is 18.2 Å². The molecule has 19 heavy (non-hydrogen) atoms. The van der Waals surface area contributed by atoms with Crippen LogP contribution in [0.15, 0.2) is 22.7 Å². The molecule has 0 fully saturated rings. The van der Waals surface area contributed by atoms with Gasteiger partial charge in [0.1, 0.15) is 15.6 Å². The predicted octanol–water partition coefficient (Wildman–Crippen LogP) is 2.39. The van der Waals surface area contributed by atoms with Crippen LogP contribution in [0.25, 0.3) is 12.2 Å². The lowest BCUT2D eigenvalue weighted by molar-refractivity contribution is 0.0564. The molecule has 2 aromatic heterocycles. The van der Waals surface area contributed by atoms with Crippen molar-refractivity contribution < 1.29 is 23.8 Å². The van der Waals surface area contributed by atoms with E-state index < -0.39 is 11.9 Å². The van der Waals surface area contributed by atoms with Crippen LogP contribution in [0.2, 0.25) is 0 Å². The maximum atomic E-state index is 11.2. The molecule has 0 aliphatic heterocycles. The zero-order valence-corrected chi connectivity index (χ0v) is 10.6. The fraction of sp³-hybridized carbons (Fsp3) is 0.0833. The number of rotatable bonds is 4. The second kappa shape index (κ2) is 5.49. The Bertz CT molecular complexity index is 640. The van der Waals surface area contributed by atoms with Crippen LogP contribution in [0.4, 0.5) is 0 Å². The molecule has 0 aliphatic rings. The minimum Gasteiger partial charge on any atom is -0.477 e. The van der Waals surface area contributed by atoms with E-state index in [9.17, 15) is 9.59 Å². The summed E-state index contributed by atoms with van der Waals surface area (Å²) in [4.78, 5) is 25.9. The first kappa shape index (κ1) is 13.0. The number of furan rings is 1. The van der Waals surface area contributed by atoms with E-state index in [0.29, 0.717) is 10.8 Å². The molecule has 0 radical (unpaired) electrons. The van der Waals surface area contributed by atoms with Crippen LogP contribution in [0.3, 0.4) is 0 Å². The van der Waals surface area contributed by atoms with Gasteiger partial charge in [0.2, 0.25) is 5.76 Å². The largest absolute Gasteiger partial charge is 0.477 e. The number of carbonyl (C=O) groups is 2. The number of nitrogens with zero attached hydrogens (tertiary/aromatic N) is 1. The summed E-state index contributed by atoms with van der Waals surface area (Å²) in [7, 11) is 1.27. The van der Waals surface area contributed by atoms with Gasteiger partial charge in [0, 0.05) is 0 Å². The Morgan fingerprint density at radius 3 is 2.84 bits per heavy atom. The van der Waals surface area contributed by atoms with Gasteiger partial charge in [-0.3, -0.25) is 0 Å². The summed E-state index contributed by atoms with van der Waals surface area (Å²) in [5.41, 5.74) is 0. The number of methoxy groups -OCH3 is 1. The Kier molecular flexibility index (Phi) is 3.76. The number of ether oxygens (including phenoxy) is 1. The number of esters is 1. The van der Waals surface area contributed by atoms with Crippen molar-refractivity contribution in [2.24, 2.45) is 0 Å². The van der Waals surface area contributed by atoms with Gasteiger partial charge < -0.3 is 14.3 Å². The molecule has 6 nitrogen and oxygen atoms in total. The SMILES string of the molecule is COC(=O)c1ccc(/C=C/c2ncc(C(=O)O)s2)o1. The molecular weight excluding hydrogens is 270 g/mol. The number of carboxylic acid groups (broad SMARTS) is 1. The lowest BCUT2D eigenvalue weighted by atomic mass is 10.4. The Balaban J connectivity index is 2.11. The van der Waals surface area contributed by atoms with E-state index in [1.165, 1.54) is 19.4 Å². The Hall–Kier alpha value is -2.41. The molecule has 1 N–H and O–H groups in total. The molecule has 0 atom stereocenters.